The van der Waals surface area contributed by atoms with E-state index < -0.39 is 0 Å². The Kier molecular flexibility index (Phi) is 3.10. The average molecular weight is 230 g/mol. The number of furan rings is 1. The summed E-state index contributed by atoms with van der Waals surface area (Å²) in [7, 11) is 0. The third-order valence-corrected chi connectivity index (χ3v) is 2.35. The molecule has 1 aromatic carbocycles. The zero-order valence-corrected chi connectivity index (χ0v) is 9.33. The van der Waals surface area contributed by atoms with Crippen molar-refractivity contribution in [1.82, 2.24) is 0 Å². The predicted octanol–water partition coefficient (Wildman–Crippen LogP) is 3.21. The molecule has 86 valence electrons. The Hall–Kier alpha value is -2.28. The van der Waals surface area contributed by atoms with Crippen LogP contribution in [0.3, 0.4) is 0 Å². The van der Waals surface area contributed by atoms with Crippen LogP contribution in [0, 0.1) is 24.1 Å². The van der Waals surface area contributed by atoms with Crippen molar-refractivity contribution in [3.63, 3.8) is 0 Å². The van der Waals surface area contributed by atoms with Gasteiger partial charge in [-0.1, -0.05) is 6.07 Å². The maximum atomic E-state index is 13.5. The number of rotatable bonds is 3. The van der Waals surface area contributed by atoms with Crippen LogP contribution >= 0.6 is 0 Å². The highest BCUT2D eigenvalue weighted by molar-refractivity contribution is 5.46. The van der Waals surface area contributed by atoms with E-state index in [4.69, 9.17) is 9.68 Å². The van der Waals surface area contributed by atoms with E-state index in [1.807, 2.05) is 19.1 Å². The molecule has 1 aromatic heterocycles. The highest BCUT2D eigenvalue weighted by atomic mass is 19.1. The molecule has 0 unspecified atom stereocenters. The number of nitrogens with one attached hydrogen (secondary N) is 1. The average Bonchev–Trinajstić information content (AvgIpc) is 2.76. The first kappa shape index (κ1) is 11.2. The summed E-state index contributed by atoms with van der Waals surface area (Å²) in [6.07, 6.45) is 0. The Morgan fingerprint density at radius 1 is 1.35 bits per heavy atom. The summed E-state index contributed by atoms with van der Waals surface area (Å²) < 4.78 is 18.7. The van der Waals surface area contributed by atoms with Crippen molar-refractivity contribution in [3.8, 4) is 6.07 Å². The normalized spacial score (nSPS) is 9.94. The summed E-state index contributed by atoms with van der Waals surface area (Å²) in [5, 5.41) is 11.5. The van der Waals surface area contributed by atoms with E-state index in [0.717, 1.165) is 5.56 Å². The van der Waals surface area contributed by atoms with Gasteiger partial charge in [0.15, 0.2) is 0 Å². The molecule has 4 heteroatoms. The van der Waals surface area contributed by atoms with Crippen molar-refractivity contribution in [2.75, 3.05) is 5.32 Å². The van der Waals surface area contributed by atoms with Gasteiger partial charge in [-0.05, 0) is 36.8 Å². The van der Waals surface area contributed by atoms with Crippen LogP contribution in [0.1, 0.15) is 17.1 Å². The van der Waals surface area contributed by atoms with Crippen molar-refractivity contribution in [1.29, 1.82) is 5.26 Å². The van der Waals surface area contributed by atoms with Crippen molar-refractivity contribution in [2.45, 2.75) is 13.5 Å². The van der Waals surface area contributed by atoms with E-state index in [1.54, 1.807) is 18.2 Å². The molecule has 0 spiro atoms. The van der Waals surface area contributed by atoms with E-state index in [2.05, 4.69) is 5.32 Å². The number of hydrogen-bond donors (Lipinski definition) is 1. The first-order valence-corrected chi connectivity index (χ1v) is 5.18. The number of hydrogen-bond acceptors (Lipinski definition) is 3. The smallest absolute Gasteiger partial charge is 0.203 e. The minimum atomic E-state index is -0.294. The Labute approximate surface area is 98.5 Å². The van der Waals surface area contributed by atoms with Gasteiger partial charge in [0.25, 0.3) is 0 Å². The molecule has 2 rings (SSSR count). The van der Waals surface area contributed by atoms with Gasteiger partial charge in [-0.2, -0.15) is 5.26 Å². The highest BCUT2D eigenvalue weighted by Gasteiger charge is 2.04. The van der Waals surface area contributed by atoms with Crippen molar-refractivity contribution in [2.24, 2.45) is 0 Å². The van der Waals surface area contributed by atoms with Crippen molar-refractivity contribution in [3.05, 3.63) is 53.2 Å². The summed E-state index contributed by atoms with van der Waals surface area (Å²) in [6, 6.07) is 10.1. The number of benzene rings is 1. The number of anilines is 1. The SMILES string of the molecule is Cc1ccc(NCc2ccc(C#N)o2)c(F)c1. The molecule has 2 aromatic rings. The van der Waals surface area contributed by atoms with Crippen LogP contribution in [0.2, 0.25) is 0 Å². The quantitative estimate of drug-likeness (QED) is 0.880. The van der Waals surface area contributed by atoms with Gasteiger partial charge in [0.05, 0.1) is 12.2 Å². The lowest BCUT2D eigenvalue weighted by atomic mass is 10.2. The first-order chi connectivity index (χ1) is 8.19. The van der Waals surface area contributed by atoms with Gasteiger partial charge in [0, 0.05) is 0 Å². The predicted molar refractivity (Wildman–Crippen MR) is 61.9 cm³/mol. The molecule has 0 aliphatic rings. The molecular weight excluding hydrogens is 219 g/mol. The van der Waals surface area contributed by atoms with Gasteiger partial charge in [-0.25, -0.2) is 4.39 Å². The molecule has 0 bridgehead atoms. The molecule has 0 radical (unpaired) electrons. The monoisotopic (exact) mass is 230 g/mol. The lowest BCUT2D eigenvalue weighted by Gasteiger charge is -2.06. The molecule has 0 atom stereocenters. The zero-order valence-electron chi connectivity index (χ0n) is 9.33. The van der Waals surface area contributed by atoms with Gasteiger partial charge < -0.3 is 9.73 Å². The van der Waals surface area contributed by atoms with Crippen LogP contribution in [0.5, 0.6) is 0 Å². The van der Waals surface area contributed by atoms with E-state index in [0.29, 0.717) is 18.0 Å². The molecular formula is C13H11FN2O. The summed E-state index contributed by atoms with van der Waals surface area (Å²) in [6.45, 7) is 2.18. The van der Waals surface area contributed by atoms with Crippen molar-refractivity contribution >= 4 is 5.69 Å². The fourth-order valence-electron chi connectivity index (χ4n) is 1.48. The van der Waals surface area contributed by atoms with Gasteiger partial charge in [0.2, 0.25) is 5.76 Å². The number of halogens is 1. The minimum Gasteiger partial charge on any atom is -0.449 e. The Balaban J connectivity index is 2.05. The summed E-state index contributed by atoms with van der Waals surface area (Å²) in [5.41, 5.74) is 1.29. The van der Waals surface area contributed by atoms with Crippen LogP contribution in [-0.2, 0) is 6.54 Å². The van der Waals surface area contributed by atoms with E-state index >= 15 is 0 Å². The summed E-state index contributed by atoms with van der Waals surface area (Å²) >= 11 is 0. The van der Waals surface area contributed by atoms with Gasteiger partial charge in [0.1, 0.15) is 17.6 Å². The topological polar surface area (TPSA) is 49.0 Å². The second-order valence-electron chi connectivity index (χ2n) is 3.71. The molecule has 0 saturated carbocycles. The second-order valence-corrected chi connectivity index (χ2v) is 3.71. The molecule has 17 heavy (non-hydrogen) atoms. The lowest BCUT2D eigenvalue weighted by molar-refractivity contribution is 0.505. The summed E-state index contributed by atoms with van der Waals surface area (Å²) in [5.74, 6) is 0.560. The highest BCUT2D eigenvalue weighted by Crippen LogP contribution is 2.16. The molecule has 0 fully saturated rings. The first-order valence-electron chi connectivity index (χ1n) is 5.18. The fraction of sp³-hybridized carbons (Fsp3) is 0.154. The van der Waals surface area contributed by atoms with Crippen LogP contribution in [0.15, 0.2) is 34.7 Å². The third kappa shape index (κ3) is 2.64. The lowest BCUT2D eigenvalue weighted by Crippen LogP contribution is -2.00. The van der Waals surface area contributed by atoms with Crippen LogP contribution in [0.4, 0.5) is 10.1 Å². The Bertz CT molecular complexity index is 569. The van der Waals surface area contributed by atoms with E-state index in [9.17, 15) is 4.39 Å². The zero-order chi connectivity index (χ0) is 12.3. The van der Waals surface area contributed by atoms with E-state index in [1.165, 1.54) is 6.07 Å². The minimum absolute atomic E-state index is 0.256. The third-order valence-electron chi connectivity index (χ3n) is 2.35. The Morgan fingerprint density at radius 3 is 2.82 bits per heavy atom. The second kappa shape index (κ2) is 4.71. The van der Waals surface area contributed by atoms with Crippen LogP contribution in [-0.4, -0.2) is 0 Å². The van der Waals surface area contributed by atoms with Crippen LogP contribution < -0.4 is 5.32 Å². The fourth-order valence-corrected chi connectivity index (χ4v) is 1.48. The van der Waals surface area contributed by atoms with Gasteiger partial charge >= 0.3 is 0 Å². The molecule has 0 amide bonds. The number of aryl methyl sites for hydroxylation is 1. The van der Waals surface area contributed by atoms with Crippen molar-refractivity contribution < 1.29 is 8.81 Å². The molecule has 0 saturated heterocycles. The molecule has 3 nitrogen and oxygen atoms in total. The Morgan fingerprint density at radius 2 is 2.18 bits per heavy atom. The maximum absolute atomic E-state index is 13.5. The van der Waals surface area contributed by atoms with Gasteiger partial charge in [-0.15, -0.1) is 0 Å². The molecule has 1 N–H and O–H groups in total. The largest absolute Gasteiger partial charge is 0.449 e. The van der Waals surface area contributed by atoms with E-state index in [-0.39, 0.29) is 11.6 Å². The molecule has 1 heterocycles. The summed E-state index contributed by atoms with van der Waals surface area (Å²) in [4.78, 5) is 0. The number of nitriles is 1. The van der Waals surface area contributed by atoms with Crippen LogP contribution in [0.25, 0.3) is 0 Å². The standard InChI is InChI=1S/C13H11FN2O/c1-9-2-5-13(12(14)6-9)16-8-11-4-3-10(7-15)17-11/h2-6,16H,8H2,1H3. The molecule has 0 aliphatic heterocycles. The molecule has 0 aliphatic carbocycles. The van der Waals surface area contributed by atoms with Gasteiger partial charge in [-0.3, -0.25) is 0 Å². The maximum Gasteiger partial charge on any atom is 0.203 e. The number of nitrogens with zero attached hydrogens (tertiary/aromatic N) is 1.